The molecule has 9 nitrogen and oxygen atoms in total. The molecule has 0 amide bonds. The average Bonchev–Trinajstić information content (AvgIpc) is 3.67. The van der Waals surface area contributed by atoms with Crippen LogP contribution in [0.4, 0.5) is 0 Å². The van der Waals surface area contributed by atoms with Crippen LogP contribution in [0.25, 0.3) is 11.0 Å². The Balaban J connectivity index is 1.35. The fourth-order valence-corrected chi connectivity index (χ4v) is 4.13. The number of carbonyl (C=O) groups is 1. The van der Waals surface area contributed by atoms with Gasteiger partial charge in [-0.3, -0.25) is 4.68 Å². The van der Waals surface area contributed by atoms with Crippen molar-refractivity contribution in [2.24, 2.45) is 7.05 Å². The first-order valence-corrected chi connectivity index (χ1v) is 12.9. The Morgan fingerprint density at radius 2 is 1.81 bits per heavy atom. The second-order valence-corrected chi connectivity index (χ2v) is 8.92. The molecule has 2 heterocycles. The van der Waals surface area contributed by atoms with Crippen molar-refractivity contribution < 1.29 is 23.7 Å². The number of aryl methyl sites for hydroxylation is 2. The minimum Gasteiger partial charge on any atom is -0.490 e. The molecule has 0 N–H and O–H groups in total. The molecular weight excluding hydrogens is 460 g/mol. The minimum atomic E-state index is -0.606. The number of nitrogens with zero attached hydrogens (tertiary/aromatic N) is 4. The van der Waals surface area contributed by atoms with Gasteiger partial charge in [-0.25, -0.2) is 9.78 Å². The highest BCUT2D eigenvalue weighted by molar-refractivity contribution is 5.82. The predicted molar refractivity (Wildman–Crippen MR) is 135 cm³/mol. The smallest absolute Gasteiger partial charge is 0.335 e. The summed E-state index contributed by atoms with van der Waals surface area (Å²) in [6.07, 6.45) is 3.98. The lowest BCUT2D eigenvalue weighted by Crippen LogP contribution is -2.28. The Bertz CT molecular complexity index is 1160. The van der Waals surface area contributed by atoms with Gasteiger partial charge >= 0.3 is 5.97 Å². The zero-order chi connectivity index (χ0) is 25.5. The van der Waals surface area contributed by atoms with E-state index in [4.69, 9.17) is 28.9 Å². The number of esters is 1. The van der Waals surface area contributed by atoms with Crippen molar-refractivity contribution in [1.82, 2.24) is 19.7 Å². The van der Waals surface area contributed by atoms with Gasteiger partial charge in [-0.05, 0) is 50.8 Å². The summed E-state index contributed by atoms with van der Waals surface area (Å²) in [6.45, 7) is 7.29. The third-order valence-corrected chi connectivity index (χ3v) is 6.02. The monoisotopic (exact) mass is 496 g/mol. The van der Waals surface area contributed by atoms with E-state index in [0.29, 0.717) is 44.6 Å². The molecule has 1 aliphatic carbocycles. The maximum Gasteiger partial charge on any atom is 0.335 e. The van der Waals surface area contributed by atoms with Crippen molar-refractivity contribution >= 4 is 17.0 Å². The molecule has 194 valence electrons. The highest BCUT2D eigenvalue weighted by Crippen LogP contribution is 2.40. The summed E-state index contributed by atoms with van der Waals surface area (Å²) in [4.78, 5) is 21.6. The molecule has 9 heteroatoms. The zero-order valence-corrected chi connectivity index (χ0v) is 21.7. The predicted octanol–water partition coefficient (Wildman–Crippen LogP) is 4.16. The normalized spacial score (nSPS) is 14.1. The van der Waals surface area contributed by atoms with Crippen LogP contribution in [-0.2, 0) is 34.2 Å². The second kappa shape index (κ2) is 12.2. The van der Waals surface area contributed by atoms with Gasteiger partial charge in [0, 0.05) is 26.0 Å². The number of rotatable bonds is 14. The van der Waals surface area contributed by atoms with E-state index < -0.39 is 6.10 Å². The quantitative estimate of drug-likeness (QED) is 0.242. The van der Waals surface area contributed by atoms with Crippen molar-refractivity contribution in [1.29, 1.82) is 0 Å². The number of benzene rings is 1. The van der Waals surface area contributed by atoms with E-state index in [1.54, 1.807) is 6.92 Å². The van der Waals surface area contributed by atoms with Gasteiger partial charge in [0.15, 0.2) is 6.10 Å². The molecule has 0 bridgehead atoms. The molecule has 0 saturated heterocycles. The van der Waals surface area contributed by atoms with Crippen LogP contribution in [-0.4, -0.2) is 58.2 Å². The van der Waals surface area contributed by atoms with Gasteiger partial charge in [0.2, 0.25) is 5.88 Å². The number of hydrogen-bond donors (Lipinski definition) is 0. The summed E-state index contributed by atoms with van der Waals surface area (Å²) in [6, 6.07) is 7.63. The summed E-state index contributed by atoms with van der Waals surface area (Å²) in [5.74, 6) is 2.23. The summed E-state index contributed by atoms with van der Waals surface area (Å²) in [7, 11) is 1.91. The van der Waals surface area contributed by atoms with Crippen LogP contribution in [0, 0.1) is 0 Å². The van der Waals surface area contributed by atoms with Crippen molar-refractivity contribution in [2.45, 2.75) is 64.9 Å². The molecule has 0 unspecified atom stereocenters. The average molecular weight is 497 g/mol. The van der Waals surface area contributed by atoms with E-state index in [1.807, 2.05) is 42.9 Å². The van der Waals surface area contributed by atoms with Gasteiger partial charge in [0.25, 0.3) is 0 Å². The van der Waals surface area contributed by atoms with Gasteiger partial charge in [-0.15, -0.1) is 0 Å². The highest BCUT2D eigenvalue weighted by atomic mass is 16.6. The van der Waals surface area contributed by atoms with Gasteiger partial charge in [-0.2, -0.15) is 10.1 Å². The van der Waals surface area contributed by atoms with Gasteiger partial charge in [-0.1, -0.05) is 25.5 Å². The molecule has 1 atom stereocenters. The Morgan fingerprint density at radius 1 is 1.06 bits per heavy atom. The molecule has 2 aromatic heterocycles. The molecule has 1 fully saturated rings. The number of aromatic nitrogens is 4. The van der Waals surface area contributed by atoms with Crippen LogP contribution in [0.5, 0.6) is 11.6 Å². The molecule has 1 aliphatic rings. The Morgan fingerprint density at radius 3 is 2.47 bits per heavy atom. The van der Waals surface area contributed by atoms with Crippen LogP contribution in [0.2, 0.25) is 0 Å². The van der Waals surface area contributed by atoms with Crippen LogP contribution >= 0.6 is 0 Å². The number of carbonyl (C=O) groups excluding carboxylic acids is 1. The largest absolute Gasteiger partial charge is 0.490 e. The SMILES string of the molecule is CCCc1nn(C)c2c(OCCOc3ccc(C[C@H](OCC)C(=O)OCC)cc3)nc(C3CC3)nc12. The zero-order valence-electron chi connectivity index (χ0n) is 21.7. The molecule has 1 saturated carbocycles. The molecule has 0 aliphatic heterocycles. The van der Waals surface area contributed by atoms with E-state index in [0.717, 1.165) is 59.5 Å². The fourth-order valence-electron chi connectivity index (χ4n) is 4.13. The maximum atomic E-state index is 12.1. The van der Waals surface area contributed by atoms with Gasteiger partial charge in [0.1, 0.15) is 35.8 Å². The lowest BCUT2D eigenvalue weighted by molar-refractivity contribution is -0.156. The number of fused-ring (bicyclic) bond motifs is 1. The van der Waals surface area contributed by atoms with E-state index in [2.05, 4.69) is 12.0 Å². The van der Waals surface area contributed by atoms with Crippen LogP contribution in [0.15, 0.2) is 24.3 Å². The number of ether oxygens (including phenoxy) is 4. The van der Waals surface area contributed by atoms with Crippen molar-refractivity contribution in [3.63, 3.8) is 0 Å². The van der Waals surface area contributed by atoms with Crippen molar-refractivity contribution in [3.05, 3.63) is 41.3 Å². The molecule has 36 heavy (non-hydrogen) atoms. The Kier molecular flexibility index (Phi) is 8.74. The molecule has 4 rings (SSSR count). The standard InChI is InChI=1S/C27H36N4O5/c1-5-8-21-23-24(31(4)30-21)26(29-25(28-23)19-11-12-19)36-16-15-35-20-13-9-18(10-14-20)17-22(33-6-2)27(32)34-7-3/h9-10,13-14,19,22H,5-8,11-12,15-17H2,1-4H3/t22-/m0/s1. The van der Waals surface area contributed by atoms with Crippen molar-refractivity contribution in [3.8, 4) is 11.6 Å². The lowest BCUT2D eigenvalue weighted by atomic mass is 10.1. The maximum absolute atomic E-state index is 12.1. The minimum absolute atomic E-state index is 0.334. The first-order chi connectivity index (χ1) is 17.5. The van der Waals surface area contributed by atoms with E-state index >= 15 is 0 Å². The molecule has 0 radical (unpaired) electrons. The highest BCUT2D eigenvalue weighted by Gasteiger charge is 2.29. The van der Waals surface area contributed by atoms with E-state index in [-0.39, 0.29) is 5.97 Å². The first kappa shape index (κ1) is 25.9. The van der Waals surface area contributed by atoms with Crippen LogP contribution in [0.1, 0.15) is 63.0 Å². The third-order valence-electron chi connectivity index (χ3n) is 6.02. The summed E-state index contributed by atoms with van der Waals surface area (Å²) in [5.41, 5.74) is 3.70. The van der Waals surface area contributed by atoms with E-state index in [9.17, 15) is 4.79 Å². The topological polar surface area (TPSA) is 97.6 Å². The molecule has 0 spiro atoms. The Labute approximate surface area is 212 Å². The van der Waals surface area contributed by atoms with E-state index in [1.165, 1.54) is 0 Å². The third kappa shape index (κ3) is 6.32. The lowest BCUT2D eigenvalue weighted by Gasteiger charge is -2.16. The molecule has 3 aromatic rings. The first-order valence-electron chi connectivity index (χ1n) is 12.9. The van der Waals surface area contributed by atoms with Crippen LogP contribution in [0.3, 0.4) is 0 Å². The summed E-state index contributed by atoms with van der Waals surface area (Å²) in [5, 5.41) is 4.66. The molecule has 1 aromatic carbocycles. The fraction of sp³-hybridized carbons (Fsp3) is 0.556. The number of hydrogen-bond acceptors (Lipinski definition) is 8. The van der Waals surface area contributed by atoms with Gasteiger partial charge in [0.05, 0.1) is 12.3 Å². The molecular formula is C27H36N4O5. The second-order valence-electron chi connectivity index (χ2n) is 8.92. The summed E-state index contributed by atoms with van der Waals surface area (Å²) < 4.78 is 24.4. The van der Waals surface area contributed by atoms with Crippen LogP contribution < -0.4 is 9.47 Å². The Hall–Kier alpha value is -3.20. The summed E-state index contributed by atoms with van der Waals surface area (Å²) >= 11 is 0. The van der Waals surface area contributed by atoms with Crippen molar-refractivity contribution in [2.75, 3.05) is 26.4 Å². The van der Waals surface area contributed by atoms with Gasteiger partial charge < -0.3 is 18.9 Å².